The fourth-order valence-corrected chi connectivity index (χ4v) is 2.52. The largest absolute Gasteiger partial charge is 0.322 e. The fourth-order valence-electron chi connectivity index (χ4n) is 2.52. The molecule has 17 heavy (non-hydrogen) atoms. The zero-order valence-electron chi connectivity index (χ0n) is 11.2. The lowest BCUT2D eigenvalue weighted by Crippen LogP contribution is -2.46. The molecule has 1 aromatic rings. The summed E-state index contributed by atoms with van der Waals surface area (Å²) in [4.78, 5) is 0. The molecule has 0 heterocycles. The van der Waals surface area contributed by atoms with Crippen LogP contribution in [0.2, 0.25) is 0 Å². The van der Waals surface area contributed by atoms with Gasteiger partial charge >= 0.3 is 0 Å². The number of nitrogens with two attached hydrogens (primary N) is 1. The minimum Gasteiger partial charge on any atom is -0.322 e. The van der Waals surface area contributed by atoms with Gasteiger partial charge in [0, 0.05) is 11.6 Å². The Morgan fingerprint density at radius 2 is 1.82 bits per heavy atom. The predicted octanol–water partition coefficient (Wildman–Crippen LogP) is 2.56. The van der Waals surface area contributed by atoms with Crippen LogP contribution in [0.15, 0.2) is 18.2 Å². The van der Waals surface area contributed by atoms with E-state index in [-0.39, 0.29) is 11.6 Å². The first-order chi connectivity index (χ1) is 8.04. The Hall–Kier alpha value is -0.860. The van der Waals surface area contributed by atoms with E-state index in [1.54, 1.807) is 0 Å². The smallest absolute Gasteiger partial charge is 0.0474 e. The standard InChI is InChI=1S/C15H24N2/c1-15(2,17-3)14(16)13-9-8-11-6-4-5-7-12(11)10-13/h8-10,14,17H,4-7,16H2,1-3H3. The minimum atomic E-state index is -0.0666. The van der Waals surface area contributed by atoms with Crippen molar-refractivity contribution in [1.82, 2.24) is 5.32 Å². The molecule has 2 heteroatoms. The first kappa shape index (κ1) is 12.6. The molecule has 1 unspecified atom stereocenters. The number of aryl methyl sites for hydroxylation is 2. The molecule has 94 valence electrons. The van der Waals surface area contributed by atoms with Crippen molar-refractivity contribution in [2.75, 3.05) is 7.05 Å². The summed E-state index contributed by atoms with van der Waals surface area (Å²) >= 11 is 0. The van der Waals surface area contributed by atoms with Gasteiger partial charge in [0.2, 0.25) is 0 Å². The Labute approximate surface area is 105 Å². The van der Waals surface area contributed by atoms with Crippen molar-refractivity contribution in [3.63, 3.8) is 0 Å². The van der Waals surface area contributed by atoms with E-state index in [0.29, 0.717) is 0 Å². The average molecular weight is 232 g/mol. The highest BCUT2D eigenvalue weighted by Gasteiger charge is 2.26. The number of hydrogen-bond donors (Lipinski definition) is 2. The Kier molecular flexibility index (Phi) is 3.55. The molecule has 0 aromatic heterocycles. The molecule has 2 nitrogen and oxygen atoms in total. The van der Waals surface area contributed by atoms with Crippen LogP contribution < -0.4 is 11.1 Å². The Morgan fingerprint density at radius 1 is 1.18 bits per heavy atom. The van der Waals surface area contributed by atoms with Gasteiger partial charge < -0.3 is 11.1 Å². The maximum absolute atomic E-state index is 6.35. The van der Waals surface area contributed by atoms with E-state index < -0.39 is 0 Å². The molecule has 0 aliphatic heterocycles. The van der Waals surface area contributed by atoms with Crippen molar-refractivity contribution in [2.24, 2.45) is 5.73 Å². The van der Waals surface area contributed by atoms with Gasteiger partial charge in [-0.3, -0.25) is 0 Å². The van der Waals surface area contributed by atoms with Crippen LogP contribution in [0.1, 0.15) is 49.4 Å². The summed E-state index contributed by atoms with van der Waals surface area (Å²) in [7, 11) is 1.97. The van der Waals surface area contributed by atoms with Crippen molar-refractivity contribution in [1.29, 1.82) is 0 Å². The van der Waals surface area contributed by atoms with Crippen LogP contribution in [0.25, 0.3) is 0 Å². The molecule has 0 saturated carbocycles. The van der Waals surface area contributed by atoms with Crippen molar-refractivity contribution in [3.8, 4) is 0 Å². The van der Waals surface area contributed by atoms with Gasteiger partial charge in [0.1, 0.15) is 0 Å². The Balaban J connectivity index is 2.28. The van der Waals surface area contributed by atoms with Crippen LogP contribution in [0.4, 0.5) is 0 Å². The topological polar surface area (TPSA) is 38.0 Å². The monoisotopic (exact) mass is 232 g/mol. The minimum absolute atomic E-state index is 0.0414. The normalized spacial score (nSPS) is 17.6. The van der Waals surface area contributed by atoms with Crippen molar-refractivity contribution < 1.29 is 0 Å². The third-order valence-corrected chi connectivity index (χ3v) is 4.15. The van der Waals surface area contributed by atoms with Gasteiger partial charge in [0.25, 0.3) is 0 Å². The highest BCUT2D eigenvalue weighted by atomic mass is 15.0. The van der Waals surface area contributed by atoms with Crippen LogP contribution in [-0.4, -0.2) is 12.6 Å². The van der Waals surface area contributed by atoms with Gasteiger partial charge in [-0.1, -0.05) is 18.2 Å². The van der Waals surface area contributed by atoms with Crippen LogP contribution in [0.3, 0.4) is 0 Å². The lowest BCUT2D eigenvalue weighted by molar-refractivity contribution is 0.348. The number of likely N-dealkylation sites (N-methyl/N-ethyl adjacent to an activating group) is 1. The van der Waals surface area contributed by atoms with E-state index in [1.807, 2.05) is 7.05 Å². The highest BCUT2D eigenvalue weighted by Crippen LogP contribution is 2.28. The quantitative estimate of drug-likeness (QED) is 0.840. The second kappa shape index (κ2) is 4.79. The van der Waals surface area contributed by atoms with E-state index in [4.69, 9.17) is 5.73 Å². The van der Waals surface area contributed by atoms with E-state index in [0.717, 1.165) is 0 Å². The Morgan fingerprint density at radius 3 is 2.47 bits per heavy atom. The maximum Gasteiger partial charge on any atom is 0.0474 e. The number of fused-ring (bicyclic) bond motifs is 1. The van der Waals surface area contributed by atoms with E-state index >= 15 is 0 Å². The van der Waals surface area contributed by atoms with Crippen LogP contribution in [0.5, 0.6) is 0 Å². The molecule has 1 atom stereocenters. The van der Waals surface area contributed by atoms with E-state index in [2.05, 4.69) is 37.4 Å². The van der Waals surface area contributed by atoms with Gasteiger partial charge in [-0.2, -0.15) is 0 Å². The zero-order chi connectivity index (χ0) is 12.5. The predicted molar refractivity (Wildman–Crippen MR) is 73.2 cm³/mol. The number of rotatable bonds is 3. The molecular weight excluding hydrogens is 208 g/mol. The zero-order valence-corrected chi connectivity index (χ0v) is 11.2. The highest BCUT2D eigenvalue weighted by molar-refractivity contribution is 5.36. The second-order valence-corrected chi connectivity index (χ2v) is 5.68. The number of benzene rings is 1. The summed E-state index contributed by atoms with van der Waals surface area (Å²) in [6, 6.07) is 6.83. The second-order valence-electron chi connectivity index (χ2n) is 5.68. The molecule has 0 bridgehead atoms. The third kappa shape index (κ3) is 2.53. The fraction of sp³-hybridized carbons (Fsp3) is 0.600. The summed E-state index contributed by atoms with van der Waals surface area (Å²) in [5.74, 6) is 0. The summed E-state index contributed by atoms with van der Waals surface area (Å²) in [5.41, 5.74) is 10.6. The van der Waals surface area contributed by atoms with Crippen molar-refractivity contribution in [2.45, 2.75) is 51.1 Å². The number of nitrogens with one attached hydrogen (secondary N) is 1. The molecule has 0 fully saturated rings. The molecule has 2 rings (SSSR count). The molecule has 0 saturated heterocycles. The van der Waals surface area contributed by atoms with Gasteiger partial charge in [-0.15, -0.1) is 0 Å². The molecular formula is C15H24N2. The molecule has 1 aliphatic carbocycles. The summed E-state index contributed by atoms with van der Waals surface area (Å²) in [6.45, 7) is 4.30. The lowest BCUT2D eigenvalue weighted by atomic mass is 9.85. The average Bonchev–Trinajstić information content (AvgIpc) is 2.37. The maximum atomic E-state index is 6.35. The van der Waals surface area contributed by atoms with E-state index in [1.165, 1.54) is 42.4 Å². The lowest BCUT2D eigenvalue weighted by Gasteiger charge is -2.32. The summed E-state index contributed by atoms with van der Waals surface area (Å²) in [6.07, 6.45) is 5.11. The first-order valence-corrected chi connectivity index (χ1v) is 6.61. The molecule has 0 spiro atoms. The molecule has 3 N–H and O–H groups in total. The van der Waals surface area contributed by atoms with Crippen molar-refractivity contribution >= 4 is 0 Å². The first-order valence-electron chi connectivity index (χ1n) is 6.61. The van der Waals surface area contributed by atoms with Gasteiger partial charge in [0.15, 0.2) is 0 Å². The summed E-state index contributed by atoms with van der Waals surface area (Å²) in [5, 5.41) is 3.29. The van der Waals surface area contributed by atoms with Gasteiger partial charge in [0.05, 0.1) is 0 Å². The van der Waals surface area contributed by atoms with Crippen LogP contribution in [0, 0.1) is 0 Å². The number of hydrogen-bond acceptors (Lipinski definition) is 2. The van der Waals surface area contributed by atoms with Crippen LogP contribution >= 0.6 is 0 Å². The molecule has 1 aliphatic rings. The van der Waals surface area contributed by atoms with Crippen LogP contribution in [-0.2, 0) is 12.8 Å². The third-order valence-electron chi connectivity index (χ3n) is 4.15. The molecule has 0 amide bonds. The SMILES string of the molecule is CNC(C)(C)C(N)c1ccc2c(c1)CCCC2. The Bertz CT molecular complexity index is 396. The van der Waals surface area contributed by atoms with E-state index in [9.17, 15) is 0 Å². The molecule has 1 aromatic carbocycles. The molecule has 0 radical (unpaired) electrons. The summed E-state index contributed by atoms with van der Waals surface area (Å²) < 4.78 is 0. The van der Waals surface area contributed by atoms with Gasteiger partial charge in [-0.05, 0) is 63.3 Å². The van der Waals surface area contributed by atoms with Crippen molar-refractivity contribution in [3.05, 3.63) is 34.9 Å². The van der Waals surface area contributed by atoms with Gasteiger partial charge in [-0.25, -0.2) is 0 Å².